The largest absolute Gasteiger partial charge is 0.494 e. The van der Waals surface area contributed by atoms with Crippen molar-refractivity contribution in [1.29, 1.82) is 0 Å². The Bertz CT molecular complexity index is 1430. The van der Waals surface area contributed by atoms with Crippen molar-refractivity contribution >= 4 is 50.9 Å². The van der Waals surface area contributed by atoms with Crippen LogP contribution in [0.2, 0.25) is 5.02 Å². The summed E-state index contributed by atoms with van der Waals surface area (Å²) in [6.07, 6.45) is 1.90. The number of amides is 2. The van der Waals surface area contributed by atoms with Crippen molar-refractivity contribution in [3.05, 3.63) is 83.4 Å². The van der Waals surface area contributed by atoms with Crippen molar-refractivity contribution in [1.82, 2.24) is 10.2 Å². The molecule has 1 N–H and O–H groups in total. The lowest BCUT2D eigenvalue weighted by Gasteiger charge is -2.32. The summed E-state index contributed by atoms with van der Waals surface area (Å²) in [6, 6.07) is 19.0. The molecule has 3 aromatic carbocycles. The Morgan fingerprint density at radius 2 is 1.66 bits per heavy atom. The molecule has 2 amide bonds. The lowest BCUT2D eigenvalue weighted by Crippen LogP contribution is -2.52. The van der Waals surface area contributed by atoms with Crippen LogP contribution in [0, 0.1) is 0 Å². The van der Waals surface area contributed by atoms with Crippen LogP contribution in [-0.4, -0.2) is 56.6 Å². The molecule has 0 spiro atoms. The molecule has 0 bridgehead atoms. The van der Waals surface area contributed by atoms with Crippen molar-refractivity contribution in [2.75, 3.05) is 23.7 Å². The van der Waals surface area contributed by atoms with E-state index in [0.29, 0.717) is 22.9 Å². The Hall–Kier alpha value is -3.21. The molecule has 0 aromatic heterocycles. The maximum absolute atomic E-state index is 14.0. The predicted octanol–water partition coefficient (Wildman–Crippen LogP) is 5.60. The SMILES string of the molecule is CCOc1ccc(N(CC(=O)N(Cc2cccc(Cl)c2)[C@H](C)C(=O)NC(C)C)S(=O)(=O)c2ccc(SC)cc2)cc1. The zero-order valence-corrected chi connectivity index (χ0v) is 26.2. The Kier molecular flexibility index (Phi) is 11.5. The third-order valence-corrected chi connectivity index (χ3v) is 8.97. The molecule has 3 rings (SSSR count). The number of anilines is 1. The number of nitrogens with one attached hydrogen (secondary N) is 1. The van der Waals surface area contributed by atoms with E-state index < -0.39 is 28.5 Å². The van der Waals surface area contributed by atoms with Crippen molar-refractivity contribution in [2.24, 2.45) is 0 Å². The quantitative estimate of drug-likeness (QED) is 0.251. The first-order valence-electron chi connectivity index (χ1n) is 13.2. The summed E-state index contributed by atoms with van der Waals surface area (Å²) in [5.41, 5.74) is 0.996. The molecule has 1 atom stereocenters. The second kappa shape index (κ2) is 14.6. The number of hydrogen-bond donors (Lipinski definition) is 1. The molecule has 3 aromatic rings. The fraction of sp³-hybridized carbons (Fsp3) is 0.333. The number of carbonyl (C=O) groups excluding carboxylic acids is 2. The highest BCUT2D eigenvalue weighted by molar-refractivity contribution is 7.98. The number of thioether (sulfide) groups is 1. The molecule has 8 nitrogen and oxygen atoms in total. The van der Waals surface area contributed by atoms with Crippen LogP contribution in [0.4, 0.5) is 5.69 Å². The standard InChI is InChI=1S/C30H36ClN3O5S2/c1-6-39-26-12-10-25(11-13-26)34(41(37,38)28-16-14-27(40-5)15-17-28)20-29(35)33(22(4)30(36)32-21(2)3)19-23-8-7-9-24(31)18-23/h7-18,21-22H,6,19-20H2,1-5H3,(H,32,36)/t22-/m1/s1. The van der Waals surface area contributed by atoms with E-state index in [9.17, 15) is 18.0 Å². The molecule has 0 saturated heterocycles. The van der Waals surface area contributed by atoms with Crippen LogP contribution in [0.5, 0.6) is 5.75 Å². The lowest BCUT2D eigenvalue weighted by atomic mass is 10.1. The summed E-state index contributed by atoms with van der Waals surface area (Å²) < 4.78 is 34.5. The lowest BCUT2D eigenvalue weighted by molar-refractivity contribution is -0.139. The van der Waals surface area contributed by atoms with Crippen molar-refractivity contribution in [3.8, 4) is 5.75 Å². The Balaban J connectivity index is 2.04. The Labute approximate surface area is 252 Å². The van der Waals surface area contributed by atoms with Gasteiger partial charge >= 0.3 is 0 Å². The average Bonchev–Trinajstić information content (AvgIpc) is 2.94. The number of ether oxygens (including phenoxy) is 1. The van der Waals surface area contributed by atoms with Gasteiger partial charge in [-0.1, -0.05) is 23.7 Å². The Morgan fingerprint density at radius 3 is 2.22 bits per heavy atom. The molecule has 0 aliphatic heterocycles. The zero-order chi connectivity index (χ0) is 30.2. The van der Waals surface area contributed by atoms with Crippen LogP contribution >= 0.6 is 23.4 Å². The molecule has 11 heteroatoms. The first kappa shape index (κ1) is 32.3. The first-order valence-corrected chi connectivity index (χ1v) is 16.2. The maximum Gasteiger partial charge on any atom is 0.264 e. The van der Waals surface area contributed by atoms with Crippen LogP contribution in [0.3, 0.4) is 0 Å². The fourth-order valence-corrected chi connectivity index (χ4v) is 6.13. The fourth-order valence-electron chi connectivity index (χ4n) is 4.10. The number of hydrogen-bond acceptors (Lipinski definition) is 6. The number of carbonyl (C=O) groups is 2. The van der Waals surface area contributed by atoms with E-state index >= 15 is 0 Å². The minimum Gasteiger partial charge on any atom is -0.494 e. The number of benzene rings is 3. The van der Waals surface area contributed by atoms with Gasteiger partial charge in [0, 0.05) is 22.5 Å². The summed E-state index contributed by atoms with van der Waals surface area (Å²) in [7, 11) is -4.16. The van der Waals surface area contributed by atoms with Gasteiger partial charge in [-0.25, -0.2) is 8.42 Å². The molecule has 0 radical (unpaired) electrons. The highest BCUT2D eigenvalue weighted by Gasteiger charge is 2.32. The van der Waals surface area contributed by atoms with Gasteiger partial charge in [0.1, 0.15) is 18.3 Å². The van der Waals surface area contributed by atoms with Crippen molar-refractivity contribution in [2.45, 2.75) is 56.1 Å². The highest BCUT2D eigenvalue weighted by Crippen LogP contribution is 2.28. The van der Waals surface area contributed by atoms with Gasteiger partial charge in [-0.15, -0.1) is 11.8 Å². The number of halogens is 1. The van der Waals surface area contributed by atoms with Gasteiger partial charge in [0.25, 0.3) is 10.0 Å². The smallest absolute Gasteiger partial charge is 0.264 e. The van der Waals surface area contributed by atoms with Crippen molar-refractivity contribution in [3.63, 3.8) is 0 Å². The van der Waals surface area contributed by atoms with Gasteiger partial charge in [-0.2, -0.15) is 0 Å². The summed E-state index contributed by atoms with van der Waals surface area (Å²) in [4.78, 5) is 29.3. The highest BCUT2D eigenvalue weighted by atomic mass is 35.5. The topological polar surface area (TPSA) is 96.0 Å². The van der Waals surface area contributed by atoms with Gasteiger partial charge in [-0.05, 0) is 100 Å². The van der Waals surface area contributed by atoms with Crippen LogP contribution in [-0.2, 0) is 26.2 Å². The second-order valence-electron chi connectivity index (χ2n) is 9.60. The Morgan fingerprint density at radius 1 is 1.00 bits per heavy atom. The summed E-state index contributed by atoms with van der Waals surface area (Å²) >= 11 is 7.68. The van der Waals surface area contributed by atoms with E-state index in [2.05, 4.69) is 5.32 Å². The number of sulfonamides is 1. The number of nitrogens with zero attached hydrogens (tertiary/aromatic N) is 2. The van der Waals surface area contributed by atoms with Crippen LogP contribution in [0.15, 0.2) is 82.6 Å². The predicted molar refractivity (Wildman–Crippen MR) is 165 cm³/mol. The minimum absolute atomic E-state index is 0.0453. The van der Waals surface area contributed by atoms with E-state index in [1.165, 1.54) is 28.8 Å². The summed E-state index contributed by atoms with van der Waals surface area (Å²) in [5.74, 6) is -0.320. The van der Waals surface area contributed by atoms with E-state index in [4.69, 9.17) is 16.3 Å². The van der Waals surface area contributed by atoms with E-state index in [-0.39, 0.29) is 29.1 Å². The molecular formula is C30H36ClN3O5S2. The molecule has 0 fully saturated rings. The molecular weight excluding hydrogens is 582 g/mol. The van der Waals surface area contributed by atoms with E-state index in [1.807, 2.05) is 27.0 Å². The van der Waals surface area contributed by atoms with Gasteiger partial charge in [-0.3, -0.25) is 13.9 Å². The van der Waals surface area contributed by atoms with Crippen LogP contribution in [0.1, 0.15) is 33.3 Å². The van der Waals surface area contributed by atoms with Crippen LogP contribution < -0.4 is 14.4 Å². The normalized spacial score (nSPS) is 12.1. The monoisotopic (exact) mass is 617 g/mol. The average molecular weight is 618 g/mol. The molecule has 41 heavy (non-hydrogen) atoms. The van der Waals surface area contributed by atoms with Gasteiger partial charge in [0.2, 0.25) is 11.8 Å². The third kappa shape index (κ3) is 8.64. The zero-order valence-electron chi connectivity index (χ0n) is 23.8. The summed E-state index contributed by atoms with van der Waals surface area (Å²) in [6.45, 7) is 7.12. The molecule has 0 unspecified atom stereocenters. The summed E-state index contributed by atoms with van der Waals surface area (Å²) in [5, 5.41) is 3.33. The molecule has 220 valence electrons. The maximum atomic E-state index is 14.0. The minimum atomic E-state index is -4.16. The molecule has 0 aliphatic carbocycles. The van der Waals surface area contributed by atoms with E-state index in [0.717, 1.165) is 9.20 Å². The molecule has 0 heterocycles. The van der Waals surface area contributed by atoms with Crippen LogP contribution in [0.25, 0.3) is 0 Å². The van der Waals surface area contributed by atoms with E-state index in [1.54, 1.807) is 67.6 Å². The first-order chi connectivity index (χ1) is 19.5. The molecule has 0 aliphatic rings. The number of rotatable bonds is 13. The van der Waals surface area contributed by atoms with Crippen molar-refractivity contribution < 1.29 is 22.7 Å². The van der Waals surface area contributed by atoms with Gasteiger partial charge < -0.3 is 15.0 Å². The molecule has 0 saturated carbocycles. The second-order valence-corrected chi connectivity index (χ2v) is 12.8. The van der Waals surface area contributed by atoms with Gasteiger partial charge in [0.15, 0.2) is 0 Å². The van der Waals surface area contributed by atoms with Gasteiger partial charge in [0.05, 0.1) is 17.2 Å². The third-order valence-electron chi connectivity index (χ3n) is 6.20.